The lowest BCUT2D eigenvalue weighted by molar-refractivity contribution is 0.0977. The first-order valence-corrected chi connectivity index (χ1v) is 9.78. The van der Waals surface area contributed by atoms with Crippen LogP contribution in [0.1, 0.15) is 17.3 Å². The quantitative estimate of drug-likeness (QED) is 0.326. The van der Waals surface area contributed by atoms with E-state index in [0.717, 1.165) is 20.8 Å². The van der Waals surface area contributed by atoms with E-state index in [-0.39, 0.29) is 11.0 Å². The van der Waals surface area contributed by atoms with Gasteiger partial charge in [0.1, 0.15) is 18.1 Å². The van der Waals surface area contributed by atoms with Crippen molar-refractivity contribution in [1.29, 1.82) is 0 Å². The van der Waals surface area contributed by atoms with Gasteiger partial charge in [-0.2, -0.15) is 0 Å². The molecule has 0 heterocycles. The standard InChI is InChI=1S/C19H21IN2O4S/c1-3-25-10-11-26-15-7-5-14(6-8-15)21-19(27)22-18(23)13-4-9-17(24-2)16(20)12-13/h4-9,12H,3,10-11H2,1-2H3,(H2,21,22,23,27). The minimum Gasteiger partial charge on any atom is -0.496 e. The summed E-state index contributed by atoms with van der Waals surface area (Å²) in [5.41, 5.74) is 1.25. The van der Waals surface area contributed by atoms with E-state index in [1.165, 1.54) is 0 Å². The number of carbonyl (C=O) groups excluding carboxylic acids is 1. The van der Waals surface area contributed by atoms with Crippen molar-refractivity contribution in [2.24, 2.45) is 0 Å². The Bertz CT molecular complexity index is 784. The molecule has 2 aromatic carbocycles. The van der Waals surface area contributed by atoms with Crippen LogP contribution in [0.5, 0.6) is 11.5 Å². The van der Waals surface area contributed by atoms with Crippen molar-refractivity contribution in [2.45, 2.75) is 6.92 Å². The van der Waals surface area contributed by atoms with Gasteiger partial charge in [0.2, 0.25) is 0 Å². The highest BCUT2D eigenvalue weighted by atomic mass is 127. The molecule has 0 saturated carbocycles. The van der Waals surface area contributed by atoms with Crippen molar-refractivity contribution in [3.05, 3.63) is 51.6 Å². The smallest absolute Gasteiger partial charge is 0.257 e. The largest absolute Gasteiger partial charge is 0.496 e. The SMILES string of the molecule is CCOCCOc1ccc(NC(=S)NC(=O)c2ccc(OC)c(I)c2)cc1. The number of benzene rings is 2. The molecule has 0 bridgehead atoms. The molecule has 0 aromatic heterocycles. The molecule has 0 unspecified atom stereocenters. The van der Waals surface area contributed by atoms with Crippen molar-refractivity contribution in [3.8, 4) is 11.5 Å². The number of ether oxygens (including phenoxy) is 3. The normalized spacial score (nSPS) is 10.2. The third-order valence-electron chi connectivity index (χ3n) is 3.45. The highest BCUT2D eigenvalue weighted by molar-refractivity contribution is 14.1. The number of hydrogen-bond acceptors (Lipinski definition) is 5. The Labute approximate surface area is 177 Å². The van der Waals surface area contributed by atoms with Crippen LogP contribution < -0.4 is 20.1 Å². The topological polar surface area (TPSA) is 68.8 Å². The summed E-state index contributed by atoms with van der Waals surface area (Å²) in [5, 5.41) is 5.86. The van der Waals surface area contributed by atoms with Gasteiger partial charge in [0.15, 0.2) is 5.11 Å². The van der Waals surface area contributed by atoms with Gasteiger partial charge in [-0.3, -0.25) is 10.1 Å². The molecule has 2 rings (SSSR count). The highest BCUT2D eigenvalue weighted by Crippen LogP contribution is 2.21. The van der Waals surface area contributed by atoms with E-state index in [1.807, 2.05) is 31.2 Å². The number of nitrogens with one attached hydrogen (secondary N) is 2. The average molecular weight is 500 g/mol. The van der Waals surface area contributed by atoms with Crippen molar-refractivity contribution < 1.29 is 19.0 Å². The van der Waals surface area contributed by atoms with Crippen LogP contribution in [0.2, 0.25) is 0 Å². The van der Waals surface area contributed by atoms with E-state index in [2.05, 4.69) is 33.2 Å². The summed E-state index contributed by atoms with van der Waals surface area (Å²) in [5.74, 6) is 1.17. The van der Waals surface area contributed by atoms with Crippen LogP contribution in [0.25, 0.3) is 0 Å². The monoisotopic (exact) mass is 500 g/mol. The zero-order valence-corrected chi connectivity index (χ0v) is 18.1. The molecule has 0 aliphatic heterocycles. The van der Waals surface area contributed by atoms with Gasteiger partial charge in [-0.1, -0.05) is 0 Å². The van der Waals surface area contributed by atoms with Gasteiger partial charge in [0, 0.05) is 17.9 Å². The number of hydrogen-bond donors (Lipinski definition) is 2. The third kappa shape index (κ3) is 6.96. The minimum absolute atomic E-state index is 0.218. The molecular weight excluding hydrogens is 479 g/mol. The van der Waals surface area contributed by atoms with Gasteiger partial charge >= 0.3 is 0 Å². The predicted molar refractivity (Wildman–Crippen MR) is 118 cm³/mol. The number of anilines is 1. The van der Waals surface area contributed by atoms with Gasteiger partial charge in [-0.25, -0.2) is 0 Å². The number of methoxy groups -OCH3 is 1. The molecule has 0 radical (unpaired) electrons. The van der Waals surface area contributed by atoms with E-state index in [4.69, 9.17) is 26.4 Å². The van der Waals surface area contributed by atoms with Gasteiger partial charge in [-0.15, -0.1) is 0 Å². The van der Waals surface area contributed by atoms with E-state index in [1.54, 1.807) is 25.3 Å². The Morgan fingerprint density at radius 2 is 1.89 bits per heavy atom. The molecule has 27 heavy (non-hydrogen) atoms. The minimum atomic E-state index is -0.288. The maximum Gasteiger partial charge on any atom is 0.257 e. The van der Waals surface area contributed by atoms with Gasteiger partial charge in [-0.05, 0) is 84.2 Å². The predicted octanol–water partition coefficient (Wildman–Crippen LogP) is 3.84. The van der Waals surface area contributed by atoms with Crippen molar-refractivity contribution in [3.63, 3.8) is 0 Å². The lowest BCUT2D eigenvalue weighted by atomic mass is 10.2. The van der Waals surface area contributed by atoms with E-state index in [0.29, 0.717) is 25.4 Å². The molecule has 6 nitrogen and oxygen atoms in total. The number of carbonyl (C=O) groups is 1. The molecule has 8 heteroatoms. The van der Waals surface area contributed by atoms with Crippen molar-refractivity contribution in [2.75, 3.05) is 32.2 Å². The van der Waals surface area contributed by atoms with E-state index >= 15 is 0 Å². The maximum atomic E-state index is 12.3. The first-order chi connectivity index (χ1) is 13.0. The van der Waals surface area contributed by atoms with Crippen LogP contribution in [-0.4, -0.2) is 38.0 Å². The fourth-order valence-corrected chi connectivity index (χ4v) is 3.09. The van der Waals surface area contributed by atoms with Crippen molar-refractivity contribution >= 4 is 51.5 Å². The molecule has 2 aromatic rings. The van der Waals surface area contributed by atoms with Crippen LogP contribution in [0.15, 0.2) is 42.5 Å². The maximum absolute atomic E-state index is 12.3. The van der Waals surface area contributed by atoms with Crippen LogP contribution in [0.4, 0.5) is 5.69 Å². The summed E-state index contributed by atoms with van der Waals surface area (Å²) in [6.45, 7) is 3.66. The fourth-order valence-electron chi connectivity index (χ4n) is 2.14. The van der Waals surface area contributed by atoms with Crippen molar-refractivity contribution in [1.82, 2.24) is 5.32 Å². The van der Waals surface area contributed by atoms with Crippen LogP contribution >= 0.6 is 34.8 Å². The summed E-state index contributed by atoms with van der Waals surface area (Å²) in [7, 11) is 1.59. The summed E-state index contributed by atoms with van der Waals surface area (Å²) >= 11 is 7.32. The van der Waals surface area contributed by atoms with Crippen LogP contribution in [-0.2, 0) is 4.74 Å². The number of rotatable bonds is 8. The number of amides is 1. The molecule has 1 amide bonds. The molecule has 0 fully saturated rings. The summed E-state index contributed by atoms with van der Waals surface area (Å²) in [4.78, 5) is 12.3. The summed E-state index contributed by atoms with van der Waals surface area (Å²) in [6, 6.07) is 12.5. The zero-order valence-electron chi connectivity index (χ0n) is 15.1. The highest BCUT2D eigenvalue weighted by Gasteiger charge is 2.10. The number of halogens is 1. The Morgan fingerprint density at radius 1 is 1.15 bits per heavy atom. The molecule has 2 N–H and O–H groups in total. The van der Waals surface area contributed by atoms with Gasteiger partial charge in [0.25, 0.3) is 5.91 Å². The zero-order chi connectivity index (χ0) is 19.6. The summed E-state index contributed by atoms with van der Waals surface area (Å²) in [6.07, 6.45) is 0. The first kappa shape index (κ1) is 21.4. The van der Waals surface area contributed by atoms with Crippen LogP contribution in [0, 0.1) is 3.57 Å². The second kappa shape index (κ2) is 11.1. The lowest BCUT2D eigenvalue weighted by Crippen LogP contribution is -2.34. The summed E-state index contributed by atoms with van der Waals surface area (Å²) < 4.78 is 16.8. The van der Waals surface area contributed by atoms with E-state index in [9.17, 15) is 4.79 Å². The fraction of sp³-hybridized carbons (Fsp3) is 0.263. The molecule has 0 aliphatic carbocycles. The Balaban J connectivity index is 1.86. The molecule has 0 saturated heterocycles. The first-order valence-electron chi connectivity index (χ1n) is 8.30. The van der Waals surface area contributed by atoms with E-state index < -0.39 is 0 Å². The lowest BCUT2D eigenvalue weighted by Gasteiger charge is -2.11. The second-order valence-electron chi connectivity index (χ2n) is 5.33. The Kier molecular flexibility index (Phi) is 8.76. The van der Waals surface area contributed by atoms with Gasteiger partial charge < -0.3 is 19.5 Å². The number of thiocarbonyl (C=S) groups is 1. The Morgan fingerprint density at radius 3 is 2.52 bits per heavy atom. The third-order valence-corrected chi connectivity index (χ3v) is 4.50. The van der Waals surface area contributed by atoms with Gasteiger partial charge in [0.05, 0.1) is 17.3 Å². The molecule has 0 atom stereocenters. The molecule has 144 valence electrons. The second-order valence-corrected chi connectivity index (χ2v) is 6.90. The molecule has 0 spiro atoms. The molecule has 0 aliphatic rings. The van der Waals surface area contributed by atoms with Crippen LogP contribution in [0.3, 0.4) is 0 Å². The average Bonchev–Trinajstić information content (AvgIpc) is 2.66. The molecular formula is C19H21IN2O4S. The Hall–Kier alpha value is -1.91.